The molecule has 2 heterocycles. The molecule has 0 bridgehead atoms. The van der Waals surface area contributed by atoms with Crippen molar-refractivity contribution in [3.8, 4) is 0 Å². The average molecular weight is 279 g/mol. The molecule has 0 N–H and O–H groups in total. The summed E-state index contributed by atoms with van der Waals surface area (Å²) in [6.45, 7) is 6.97. The highest BCUT2D eigenvalue weighted by atomic mass is 16.5. The van der Waals surface area contributed by atoms with Gasteiger partial charge in [-0.3, -0.25) is 0 Å². The van der Waals surface area contributed by atoms with Crippen LogP contribution in [0.15, 0.2) is 0 Å². The zero-order valence-electron chi connectivity index (χ0n) is 11.8. The molecular weight excluding hydrogens is 262 g/mol. The lowest BCUT2D eigenvalue weighted by Gasteiger charge is -2.04. The standard InChI is InChI=1S/C11H17N7O2/c1-4-6-17-9(12-14-16-17)7-18-8(3)10(13-15-18)11(19)20-5-2/h4-7H2,1-3H3. The minimum Gasteiger partial charge on any atom is -0.461 e. The minimum absolute atomic E-state index is 0.223. The number of nitrogens with zero attached hydrogens (tertiary/aromatic N) is 7. The fourth-order valence-electron chi connectivity index (χ4n) is 1.75. The Morgan fingerprint density at radius 2 is 2.00 bits per heavy atom. The summed E-state index contributed by atoms with van der Waals surface area (Å²) in [4.78, 5) is 11.7. The second-order valence-electron chi connectivity index (χ2n) is 4.22. The van der Waals surface area contributed by atoms with E-state index in [0.717, 1.165) is 13.0 Å². The van der Waals surface area contributed by atoms with Crippen molar-refractivity contribution in [2.45, 2.75) is 40.3 Å². The highest BCUT2D eigenvalue weighted by molar-refractivity contribution is 5.88. The van der Waals surface area contributed by atoms with Crippen LogP contribution in [0.1, 0.15) is 42.3 Å². The zero-order chi connectivity index (χ0) is 14.5. The van der Waals surface area contributed by atoms with Gasteiger partial charge in [0.25, 0.3) is 0 Å². The Hall–Kier alpha value is -2.32. The van der Waals surface area contributed by atoms with E-state index in [-0.39, 0.29) is 5.69 Å². The van der Waals surface area contributed by atoms with Crippen molar-refractivity contribution in [3.63, 3.8) is 0 Å². The fourth-order valence-corrected chi connectivity index (χ4v) is 1.75. The number of esters is 1. The summed E-state index contributed by atoms with van der Waals surface area (Å²) >= 11 is 0. The second-order valence-corrected chi connectivity index (χ2v) is 4.22. The number of ether oxygens (including phenoxy) is 1. The van der Waals surface area contributed by atoms with E-state index in [1.807, 2.05) is 6.92 Å². The van der Waals surface area contributed by atoms with Gasteiger partial charge in [0.2, 0.25) is 0 Å². The van der Waals surface area contributed by atoms with Gasteiger partial charge in [0.15, 0.2) is 11.5 Å². The molecule has 9 heteroatoms. The number of hydrogen-bond acceptors (Lipinski definition) is 7. The van der Waals surface area contributed by atoms with E-state index in [0.29, 0.717) is 24.7 Å². The molecule has 0 aliphatic carbocycles. The Labute approximate surface area is 115 Å². The van der Waals surface area contributed by atoms with Gasteiger partial charge in [0, 0.05) is 6.54 Å². The third-order valence-electron chi connectivity index (χ3n) is 2.78. The number of aryl methyl sites for hydroxylation is 1. The van der Waals surface area contributed by atoms with Crippen molar-refractivity contribution in [1.82, 2.24) is 35.2 Å². The number of aromatic nitrogens is 7. The van der Waals surface area contributed by atoms with Crippen LogP contribution in [0.3, 0.4) is 0 Å². The summed E-state index contributed by atoms with van der Waals surface area (Å²) in [6, 6.07) is 0. The quantitative estimate of drug-likeness (QED) is 0.696. The van der Waals surface area contributed by atoms with Gasteiger partial charge in [0.05, 0.1) is 12.3 Å². The van der Waals surface area contributed by atoms with Crippen LogP contribution in [0.4, 0.5) is 0 Å². The summed E-state index contributed by atoms with van der Waals surface area (Å²) in [5.41, 5.74) is 0.857. The smallest absolute Gasteiger partial charge is 0.360 e. The molecule has 2 aromatic rings. The Kier molecular flexibility index (Phi) is 4.38. The Morgan fingerprint density at radius 3 is 2.70 bits per heavy atom. The van der Waals surface area contributed by atoms with Crippen molar-refractivity contribution in [3.05, 3.63) is 17.2 Å². The maximum absolute atomic E-state index is 11.7. The van der Waals surface area contributed by atoms with E-state index < -0.39 is 5.97 Å². The molecule has 0 saturated carbocycles. The lowest BCUT2D eigenvalue weighted by atomic mass is 10.3. The molecular formula is C11H17N7O2. The van der Waals surface area contributed by atoms with Crippen LogP contribution in [0.2, 0.25) is 0 Å². The number of tetrazole rings is 1. The number of carbonyl (C=O) groups is 1. The molecule has 0 spiro atoms. The molecule has 0 radical (unpaired) electrons. The van der Waals surface area contributed by atoms with E-state index in [9.17, 15) is 4.79 Å². The van der Waals surface area contributed by atoms with Crippen molar-refractivity contribution in [2.75, 3.05) is 6.61 Å². The molecule has 0 aliphatic heterocycles. The lowest BCUT2D eigenvalue weighted by Crippen LogP contribution is -2.13. The van der Waals surface area contributed by atoms with Crippen LogP contribution in [0, 0.1) is 6.92 Å². The Balaban J connectivity index is 2.18. The number of rotatable bonds is 6. The van der Waals surface area contributed by atoms with Crippen LogP contribution < -0.4 is 0 Å². The van der Waals surface area contributed by atoms with Gasteiger partial charge in [-0.2, -0.15) is 0 Å². The molecule has 2 aromatic heterocycles. The highest BCUT2D eigenvalue weighted by Gasteiger charge is 2.18. The first-order chi connectivity index (χ1) is 9.67. The molecule has 20 heavy (non-hydrogen) atoms. The zero-order valence-corrected chi connectivity index (χ0v) is 11.8. The van der Waals surface area contributed by atoms with Crippen molar-refractivity contribution in [2.24, 2.45) is 0 Å². The number of hydrogen-bond donors (Lipinski definition) is 0. The second kappa shape index (κ2) is 6.22. The van der Waals surface area contributed by atoms with Gasteiger partial charge in [-0.15, -0.1) is 10.2 Å². The largest absolute Gasteiger partial charge is 0.461 e. The average Bonchev–Trinajstić information content (AvgIpc) is 3.00. The molecule has 0 amide bonds. The van der Waals surface area contributed by atoms with Crippen LogP contribution >= 0.6 is 0 Å². The molecule has 2 rings (SSSR count). The van der Waals surface area contributed by atoms with Crippen molar-refractivity contribution in [1.29, 1.82) is 0 Å². The highest BCUT2D eigenvalue weighted by Crippen LogP contribution is 2.07. The van der Waals surface area contributed by atoms with E-state index >= 15 is 0 Å². The predicted octanol–water partition coefficient (Wildman–Crippen LogP) is 0.208. The molecule has 0 aliphatic rings. The van der Waals surface area contributed by atoms with E-state index in [4.69, 9.17) is 4.74 Å². The third-order valence-corrected chi connectivity index (χ3v) is 2.78. The third kappa shape index (κ3) is 2.81. The maximum atomic E-state index is 11.7. The normalized spacial score (nSPS) is 10.8. The van der Waals surface area contributed by atoms with Crippen LogP contribution in [-0.4, -0.2) is 47.8 Å². The first-order valence-electron chi connectivity index (χ1n) is 6.49. The summed E-state index contributed by atoms with van der Waals surface area (Å²) in [6.07, 6.45) is 0.933. The predicted molar refractivity (Wildman–Crippen MR) is 67.9 cm³/mol. The topological polar surface area (TPSA) is 101 Å². The molecule has 108 valence electrons. The van der Waals surface area contributed by atoms with E-state index in [1.165, 1.54) is 0 Å². The summed E-state index contributed by atoms with van der Waals surface area (Å²) < 4.78 is 8.22. The van der Waals surface area contributed by atoms with Gasteiger partial charge < -0.3 is 4.74 Å². The molecule has 0 saturated heterocycles. The lowest BCUT2D eigenvalue weighted by molar-refractivity contribution is 0.0518. The van der Waals surface area contributed by atoms with E-state index in [1.54, 1.807) is 23.2 Å². The molecule has 0 fully saturated rings. The van der Waals surface area contributed by atoms with E-state index in [2.05, 4.69) is 25.8 Å². The van der Waals surface area contributed by atoms with Crippen LogP contribution in [0.25, 0.3) is 0 Å². The maximum Gasteiger partial charge on any atom is 0.360 e. The summed E-state index contributed by atoms with van der Waals surface area (Å²) in [7, 11) is 0. The van der Waals surface area contributed by atoms with Crippen molar-refractivity contribution >= 4 is 5.97 Å². The molecule has 9 nitrogen and oxygen atoms in total. The summed E-state index contributed by atoms with van der Waals surface area (Å²) in [5, 5.41) is 19.3. The first-order valence-corrected chi connectivity index (χ1v) is 6.49. The molecule has 0 unspecified atom stereocenters. The van der Waals surface area contributed by atoms with Gasteiger partial charge in [-0.25, -0.2) is 14.2 Å². The summed E-state index contributed by atoms with van der Waals surface area (Å²) in [5.74, 6) is 0.208. The van der Waals surface area contributed by atoms with Crippen molar-refractivity contribution < 1.29 is 9.53 Å². The SMILES string of the molecule is CCCn1nnnc1Cn1nnc(C(=O)OCC)c1C. The van der Waals surface area contributed by atoms with Crippen LogP contribution in [0.5, 0.6) is 0 Å². The molecule has 0 aromatic carbocycles. The number of carbonyl (C=O) groups excluding carboxylic acids is 1. The minimum atomic E-state index is -0.468. The van der Waals surface area contributed by atoms with Gasteiger partial charge in [-0.05, 0) is 30.7 Å². The first kappa shape index (κ1) is 14.1. The Bertz CT molecular complexity index is 589. The van der Waals surface area contributed by atoms with Crippen LogP contribution in [-0.2, 0) is 17.8 Å². The molecule has 0 atom stereocenters. The Morgan fingerprint density at radius 1 is 1.20 bits per heavy atom. The van der Waals surface area contributed by atoms with Gasteiger partial charge in [0.1, 0.15) is 6.54 Å². The fraction of sp³-hybridized carbons (Fsp3) is 0.636. The monoisotopic (exact) mass is 279 g/mol. The van der Waals surface area contributed by atoms with Gasteiger partial charge >= 0.3 is 5.97 Å². The van der Waals surface area contributed by atoms with Gasteiger partial charge in [-0.1, -0.05) is 12.1 Å².